The van der Waals surface area contributed by atoms with E-state index in [0.29, 0.717) is 12.0 Å². The molecule has 1 aliphatic heterocycles. The molecule has 0 bridgehead atoms. The molecule has 2 rings (SSSR count). The summed E-state index contributed by atoms with van der Waals surface area (Å²) in [6.45, 7) is 6.47. The highest BCUT2D eigenvalue weighted by Gasteiger charge is 2.26. The van der Waals surface area contributed by atoms with Gasteiger partial charge in [0.15, 0.2) is 0 Å². The van der Waals surface area contributed by atoms with E-state index in [1.807, 2.05) is 18.2 Å². The average molecular weight is 268 g/mol. The third kappa shape index (κ3) is 3.39. The van der Waals surface area contributed by atoms with E-state index in [4.69, 9.17) is 16.3 Å². The summed E-state index contributed by atoms with van der Waals surface area (Å²) in [6.07, 6.45) is 3.82. The van der Waals surface area contributed by atoms with Gasteiger partial charge in [-0.05, 0) is 50.1 Å². The van der Waals surface area contributed by atoms with Gasteiger partial charge in [0.25, 0.3) is 0 Å². The number of hydrogen-bond donors (Lipinski definition) is 1. The van der Waals surface area contributed by atoms with Gasteiger partial charge < -0.3 is 10.1 Å². The Hall–Kier alpha value is -0.730. The van der Waals surface area contributed by atoms with Crippen molar-refractivity contribution in [2.45, 2.75) is 39.2 Å². The number of benzene rings is 1. The highest BCUT2D eigenvalue weighted by Crippen LogP contribution is 2.27. The van der Waals surface area contributed by atoms with Crippen LogP contribution in [0.4, 0.5) is 0 Å². The average Bonchev–Trinajstić information content (AvgIpc) is 2.85. The molecule has 1 aromatic carbocycles. The summed E-state index contributed by atoms with van der Waals surface area (Å²) in [5.41, 5.74) is 1.12. The van der Waals surface area contributed by atoms with E-state index in [2.05, 4.69) is 19.2 Å². The van der Waals surface area contributed by atoms with Gasteiger partial charge in [-0.25, -0.2) is 0 Å². The highest BCUT2D eigenvalue weighted by atomic mass is 35.5. The van der Waals surface area contributed by atoms with Crippen LogP contribution in [0.2, 0.25) is 5.02 Å². The Morgan fingerprint density at radius 3 is 2.94 bits per heavy atom. The summed E-state index contributed by atoms with van der Waals surface area (Å²) < 4.78 is 6.23. The largest absolute Gasteiger partial charge is 0.490 e. The topological polar surface area (TPSA) is 21.3 Å². The van der Waals surface area contributed by atoms with Crippen molar-refractivity contribution in [1.82, 2.24) is 5.32 Å². The minimum Gasteiger partial charge on any atom is -0.490 e. The van der Waals surface area contributed by atoms with E-state index in [1.54, 1.807) is 0 Å². The molecule has 0 unspecified atom stereocenters. The first-order valence-electron chi connectivity index (χ1n) is 6.84. The number of rotatable bonds is 5. The lowest BCUT2D eigenvalue weighted by Gasteiger charge is -2.25. The summed E-state index contributed by atoms with van der Waals surface area (Å²) in [6, 6.07) is 5.86. The quantitative estimate of drug-likeness (QED) is 0.876. The molecule has 0 spiro atoms. The molecule has 0 aromatic heterocycles. The van der Waals surface area contributed by atoms with Gasteiger partial charge in [0.05, 0.1) is 0 Å². The van der Waals surface area contributed by atoms with Crippen molar-refractivity contribution in [1.29, 1.82) is 0 Å². The van der Waals surface area contributed by atoms with E-state index in [-0.39, 0.29) is 0 Å². The summed E-state index contributed by atoms with van der Waals surface area (Å²) in [5.74, 6) is 1.62. The molecule has 0 aliphatic carbocycles. The van der Waals surface area contributed by atoms with Crippen LogP contribution < -0.4 is 10.1 Å². The van der Waals surface area contributed by atoms with Crippen LogP contribution in [0.15, 0.2) is 18.2 Å². The lowest BCUT2D eigenvalue weighted by molar-refractivity contribution is 0.131. The van der Waals surface area contributed by atoms with Crippen molar-refractivity contribution in [2.75, 3.05) is 13.1 Å². The first-order chi connectivity index (χ1) is 8.70. The zero-order valence-electron chi connectivity index (χ0n) is 11.2. The Bertz CT molecular complexity index is 388. The number of ether oxygens (including phenoxy) is 1. The van der Waals surface area contributed by atoms with Gasteiger partial charge in [0.2, 0.25) is 0 Å². The molecule has 0 saturated carbocycles. The fourth-order valence-corrected chi connectivity index (χ4v) is 2.80. The molecule has 0 radical (unpaired) electrons. The maximum absolute atomic E-state index is 6.23. The fraction of sp³-hybridized carbons (Fsp3) is 0.600. The van der Waals surface area contributed by atoms with Crippen molar-refractivity contribution in [2.24, 2.45) is 5.92 Å². The molecule has 1 fully saturated rings. The minimum atomic E-state index is 0.324. The Morgan fingerprint density at radius 1 is 1.50 bits per heavy atom. The Balaban J connectivity index is 2.07. The van der Waals surface area contributed by atoms with E-state index >= 15 is 0 Å². The SMILES string of the molecule is CCC[C@H](Oc1ccc(Cl)cc1C)[C@@H]1CCNC1. The van der Waals surface area contributed by atoms with Crippen molar-refractivity contribution < 1.29 is 4.74 Å². The summed E-state index contributed by atoms with van der Waals surface area (Å²) in [7, 11) is 0. The standard InChI is InChI=1S/C15H22ClNO/c1-3-4-15(12-7-8-17-10-12)18-14-6-5-13(16)9-11(14)2/h5-6,9,12,15,17H,3-4,7-8,10H2,1-2H3/t12-,15+/m1/s1. The zero-order chi connectivity index (χ0) is 13.0. The number of halogens is 1. The molecule has 1 saturated heterocycles. The van der Waals surface area contributed by atoms with Crippen LogP contribution in [-0.4, -0.2) is 19.2 Å². The first-order valence-corrected chi connectivity index (χ1v) is 7.22. The van der Waals surface area contributed by atoms with Crippen LogP contribution in [0.25, 0.3) is 0 Å². The summed E-state index contributed by atoms with van der Waals surface area (Å²) in [4.78, 5) is 0. The molecule has 2 atom stereocenters. The van der Waals surface area contributed by atoms with Crippen molar-refractivity contribution in [3.8, 4) is 5.75 Å². The molecule has 1 aromatic rings. The van der Waals surface area contributed by atoms with E-state index in [9.17, 15) is 0 Å². The smallest absolute Gasteiger partial charge is 0.122 e. The van der Waals surface area contributed by atoms with Gasteiger partial charge in [-0.2, -0.15) is 0 Å². The van der Waals surface area contributed by atoms with Gasteiger partial charge in [0, 0.05) is 17.5 Å². The summed E-state index contributed by atoms with van der Waals surface area (Å²) in [5, 5.41) is 4.19. The predicted octanol–water partition coefficient (Wildman–Crippen LogP) is 3.81. The second-order valence-corrected chi connectivity index (χ2v) is 5.54. The van der Waals surface area contributed by atoms with Crippen molar-refractivity contribution in [3.05, 3.63) is 28.8 Å². The molecule has 0 amide bonds. The molecule has 1 heterocycles. The molecule has 3 heteroatoms. The van der Waals surface area contributed by atoms with Gasteiger partial charge in [-0.1, -0.05) is 24.9 Å². The second kappa shape index (κ2) is 6.44. The van der Waals surface area contributed by atoms with E-state index in [1.165, 1.54) is 6.42 Å². The summed E-state index contributed by atoms with van der Waals surface area (Å²) >= 11 is 5.98. The van der Waals surface area contributed by atoms with Crippen LogP contribution in [0, 0.1) is 12.8 Å². The van der Waals surface area contributed by atoms with Gasteiger partial charge in [-0.3, -0.25) is 0 Å². The lowest BCUT2D eigenvalue weighted by atomic mass is 9.97. The molecular weight excluding hydrogens is 246 g/mol. The van der Waals surface area contributed by atoms with E-state index in [0.717, 1.165) is 42.3 Å². The molecule has 1 aliphatic rings. The number of aryl methyl sites for hydroxylation is 1. The Labute approximate surface area is 115 Å². The number of nitrogens with one attached hydrogen (secondary N) is 1. The van der Waals surface area contributed by atoms with Crippen LogP contribution in [-0.2, 0) is 0 Å². The second-order valence-electron chi connectivity index (χ2n) is 5.11. The molecule has 2 nitrogen and oxygen atoms in total. The third-order valence-electron chi connectivity index (χ3n) is 3.61. The van der Waals surface area contributed by atoms with Gasteiger partial charge in [0.1, 0.15) is 11.9 Å². The van der Waals surface area contributed by atoms with Crippen molar-refractivity contribution >= 4 is 11.6 Å². The fourth-order valence-electron chi connectivity index (χ4n) is 2.58. The number of hydrogen-bond acceptors (Lipinski definition) is 2. The van der Waals surface area contributed by atoms with Gasteiger partial charge in [-0.15, -0.1) is 0 Å². The van der Waals surface area contributed by atoms with Gasteiger partial charge >= 0.3 is 0 Å². The van der Waals surface area contributed by atoms with Crippen molar-refractivity contribution in [3.63, 3.8) is 0 Å². The Kier molecular flexibility index (Phi) is 4.90. The zero-order valence-corrected chi connectivity index (χ0v) is 12.0. The molecule has 100 valence electrons. The normalized spacial score (nSPS) is 20.9. The van der Waals surface area contributed by atoms with Crippen LogP contribution in [0.5, 0.6) is 5.75 Å². The molecule has 1 N–H and O–H groups in total. The van der Waals surface area contributed by atoms with E-state index < -0.39 is 0 Å². The van der Waals surface area contributed by atoms with Crippen LogP contribution in [0.3, 0.4) is 0 Å². The lowest BCUT2D eigenvalue weighted by Crippen LogP contribution is -2.28. The maximum atomic E-state index is 6.23. The van der Waals surface area contributed by atoms with Crippen LogP contribution >= 0.6 is 11.6 Å². The maximum Gasteiger partial charge on any atom is 0.122 e. The monoisotopic (exact) mass is 267 g/mol. The third-order valence-corrected chi connectivity index (χ3v) is 3.85. The highest BCUT2D eigenvalue weighted by molar-refractivity contribution is 6.30. The first kappa shape index (κ1) is 13.7. The van der Waals surface area contributed by atoms with Crippen LogP contribution in [0.1, 0.15) is 31.7 Å². The predicted molar refractivity (Wildman–Crippen MR) is 76.5 cm³/mol. The minimum absolute atomic E-state index is 0.324. The molecule has 18 heavy (non-hydrogen) atoms. The Morgan fingerprint density at radius 2 is 2.33 bits per heavy atom. The molecular formula is C15H22ClNO.